The van der Waals surface area contributed by atoms with Gasteiger partial charge in [0.25, 0.3) is 11.8 Å². The fraction of sp³-hybridized carbons (Fsp3) is 0.385. The SMILES string of the molecule is CCCOCCON1C(=O)c2ccccc2C1=O. The number of benzene rings is 1. The van der Waals surface area contributed by atoms with Gasteiger partial charge >= 0.3 is 0 Å². The highest BCUT2D eigenvalue weighted by molar-refractivity contribution is 6.20. The first-order valence-corrected chi connectivity index (χ1v) is 5.94. The molecule has 2 rings (SSSR count). The van der Waals surface area contributed by atoms with Crippen molar-refractivity contribution in [1.82, 2.24) is 5.06 Å². The standard InChI is InChI=1S/C13H15NO4/c1-2-7-17-8-9-18-14-12(15)10-5-3-4-6-11(10)13(14)16/h3-6H,2,7-9H2,1H3. The number of ether oxygens (including phenoxy) is 1. The molecule has 1 aliphatic heterocycles. The number of carbonyl (C=O) groups excluding carboxylic acids is 2. The Balaban J connectivity index is 1.93. The molecule has 5 nitrogen and oxygen atoms in total. The number of imide groups is 1. The van der Waals surface area contributed by atoms with Crippen LogP contribution in [-0.4, -0.2) is 36.7 Å². The summed E-state index contributed by atoms with van der Waals surface area (Å²) in [6, 6.07) is 6.68. The van der Waals surface area contributed by atoms with Gasteiger partial charge in [-0.25, -0.2) is 0 Å². The maximum absolute atomic E-state index is 11.9. The number of hydrogen-bond donors (Lipinski definition) is 0. The van der Waals surface area contributed by atoms with Crippen LogP contribution in [0, 0.1) is 0 Å². The second-order valence-corrected chi connectivity index (χ2v) is 3.90. The van der Waals surface area contributed by atoms with Crippen LogP contribution in [0.4, 0.5) is 0 Å². The van der Waals surface area contributed by atoms with Crippen LogP contribution in [-0.2, 0) is 9.57 Å². The molecule has 0 aromatic heterocycles. The Hall–Kier alpha value is -1.72. The smallest absolute Gasteiger partial charge is 0.285 e. The average Bonchev–Trinajstić information content (AvgIpc) is 2.64. The molecule has 0 unspecified atom stereocenters. The average molecular weight is 249 g/mol. The predicted octanol–water partition coefficient (Wildman–Crippen LogP) is 1.64. The number of hydrogen-bond acceptors (Lipinski definition) is 4. The van der Waals surface area contributed by atoms with Crippen molar-refractivity contribution < 1.29 is 19.2 Å². The van der Waals surface area contributed by atoms with Crippen molar-refractivity contribution in [2.75, 3.05) is 19.8 Å². The zero-order valence-electron chi connectivity index (χ0n) is 10.2. The summed E-state index contributed by atoms with van der Waals surface area (Å²) in [6.07, 6.45) is 0.924. The molecule has 0 radical (unpaired) electrons. The van der Waals surface area contributed by atoms with Gasteiger partial charge in [-0.1, -0.05) is 19.1 Å². The minimum atomic E-state index is -0.411. The molecule has 0 fully saturated rings. The fourth-order valence-electron chi connectivity index (χ4n) is 1.72. The van der Waals surface area contributed by atoms with Crippen LogP contribution in [0.1, 0.15) is 34.1 Å². The van der Waals surface area contributed by atoms with Crippen LogP contribution in [0.5, 0.6) is 0 Å². The molecule has 1 aromatic rings. The van der Waals surface area contributed by atoms with Gasteiger partial charge in [0, 0.05) is 6.61 Å². The van der Waals surface area contributed by atoms with E-state index in [0.717, 1.165) is 11.5 Å². The maximum atomic E-state index is 11.9. The van der Waals surface area contributed by atoms with Crippen LogP contribution >= 0.6 is 0 Å². The molecule has 5 heteroatoms. The molecule has 2 amide bonds. The molecule has 0 bridgehead atoms. The molecule has 0 spiro atoms. The van der Waals surface area contributed by atoms with Gasteiger partial charge in [-0.2, -0.15) is 0 Å². The van der Waals surface area contributed by atoms with Crippen LogP contribution in [0.3, 0.4) is 0 Å². The van der Waals surface area contributed by atoms with Crippen LogP contribution in [0.25, 0.3) is 0 Å². The minimum absolute atomic E-state index is 0.186. The van der Waals surface area contributed by atoms with E-state index < -0.39 is 11.8 Å². The first-order valence-electron chi connectivity index (χ1n) is 5.94. The lowest BCUT2D eigenvalue weighted by Crippen LogP contribution is -2.31. The van der Waals surface area contributed by atoms with E-state index in [1.54, 1.807) is 24.3 Å². The van der Waals surface area contributed by atoms with Crippen molar-refractivity contribution >= 4 is 11.8 Å². The first kappa shape index (κ1) is 12.7. The Morgan fingerprint density at radius 2 is 1.61 bits per heavy atom. The highest BCUT2D eigenvalue weighted by atomic mass is 16.7. The second-order valence-electron chi connectivity index (χ2n) is 3.90. The van der Waals surface area contributed by atoms with E-state index in [0.29, 0.717) is 24.3 Å². The molecule has 0 saturated heterocycles. The molecule has 0 atom stereocenters. The summed E-state index contributed by atoms with van der Waals surface area (Å²) in [6.45, 7) is 3.20. The lowest BCUT2D eigenvalue weighted by Gasteiger charge is -2.13. The van der Waals surface area contributed by atoms with Crippen molar-refractivity contribution in [3.8, 4) is 0 Å². The molecule has 1 aliphatic rings. The summed E-state index contributed by atoms with van der Waals surface area (Å²) in [5.74, 6) is -0.822. The molecule has 1 aromatic carbocycles. The maximum Gasteiger partial charge on any atom is 0.285 e. The lowest BCUT2D eigenvalue weighted by molar-refractivity contribution is -0.106. The number of fused-ring (bicyclic) bond motifs is 1. The summed E-state index contributed by atoms with van der Waals surface area (Å²) < 4.78 is 5.22. The molecule has 96 valence electrons. The van der Waals surface area contributed by atoms with Crippen molar-refractivity contribution in [3.05, 3.63) is 35.4 Å². The van der Waals surface area contributed by atoms with Crippen LogP contribution in [0.2, 0.25) is 0 Å². The topological polar surface area (TPSA) is 55.8 Å². The quantitative estimate of drug-likeness (QED) is 0.568. The van der Waals surface area contributed by atoms with Crippen molar-refractivity contribution in [2.45, 2.75) is 13.3 Å². The van der Waals surface area contributed by atoms with E-state index in [2.05, 4.69) is 0 Å². The van der Waals surface area contributed by atoms with Gasteiger partial charge in [-0.15, -0.1) is 5.06 Å². The zero-order chi connectivity index (χ0) is 13.0. The number of carbonyl (C=O) groups is 2. The highest BCUT2D eigenvalue weighted by Gasteiger charge is 2.36. The third kappa shape index (κ3) is 2.42. The van der Waals surface area contributed by atoms with Gasteiger partial charge in [0.15, 0.2) is 0 Å². The van der Waals surface area contributed by atoms with Gasteiger partial charge in [-0.05, 0) is 18.6 Å². The Bertz CT molecular complexity index is 423. The van der Waals surface area contributed by atoms with E-state index in [9.17, 15) is 9.59 Å². The second kappa shape index (κ2) is 5.75. The van der Waals surface area contributed by atoms with Gasteiger partial charge in [0.1, 0.15) is 0 Å². The summed E-state index contributed by atoms with van der Waals surface area (Å²) >= 11 is 0. The Morgan fingerprint density at radius 3 is 2.17 bits per heavy atom. The summed E-state index contributed by atoms with van der Waals surface area (Å²) in [7, 11) is 0. The third-order valence-corrected chi connectivity index (χ3v) is 2.55. The largest absolute Gasteiger partial charge is 0.379 e. The minimum Gasteiger partial charge on any atom is -0.379 e. The van der Waals surface area contributed by atoms with Gasteiger partial charge in [0.2, 0.25) is 0 Å². The summed E-state index contributed by atoms with van der Waals surface area (Å²) in [5.41, 5.74) is 0.772. The molecule has 0 aliphatic carbocycles. The first-order chi connectivity index (χ1) is 8.75. The fourth-order valence-corrected chi connectivity index (χ4v) is 1.72. The molecule has 0 N–H and O–H groups in total. The Morgan fingerprint density at radius 1 is 1.00 bits per heavy atom. The van der Waals surface area contributed by atoms with Crippen molar-refractivity contribution in [2.24, 2.45) is 0 Å². The number of nitrogens with zero attached hydrogens (tertiary/aromatic N) is 1. The number of hydroxylamine groups is 2. The number of amides is 2. The highest BCUT2D eigenvalue weighted by Crippen LogP contribution is 2.22. The van der Waals surface area contributed by atoms with Gasteiger partial charge in [0.05, 0.1) is 24.3 Å². The normalized spacial score (nSPS) is 14.2. The molecule has 0 saturated carbocycles. The Kier molecular flexibility index (Phi) is 4.07. The summed E-state index contributed by atoms with van der Waals surface area (Å²) in [4.78, 5) is 28.9. The Labute approximate surface area is 105 Å². The molecule has 1 heterocycles. The molecular formula is C13H15NO4. The lowest BCUT2D eigenvalue weighted by atomic mass is 10.1. The van der Waals surface area contributed by atoms with Crippen molar-refractivity contribution in [3.63, 3.8) is 0 Å². The van der Waals surface area contributed by atoms with Gasteiger partial charge < -0.3 is 4.74 Å². The van der Waals surface area contributed by atoms with Crippen LogP contribution in [0.15, 0.2) is 24.3 Å². The van der Waals surface area contributed by atoms with E-state index in [1.165, 1.54) is 0 Å². The predicted molar refractivity (Wildman–Crippen MR) is 64.0 cm³/mol. The van der Waals surface area contributed by atoms with Crippen molar-refractivity contribution in [1.29, 1.82) is 0 Å². The third-order valence-electron chi connectivity index (χ3n) is 2.55. The van der Waals surface area contributed by atoms with E-state index in [-0.39, 0.29) is 6.61 Å². The molecule has 18 heavy (non-hydrogen) atoms. The van der Waals surface area contributed by atoms with Gasteiger partial charge in [-0.3, -0.25) is 14.4 Å². The zero-order valence-corrected chi connectivity index (χ0v) is 10.2. The summed E-state index contributed by atoms with van der Waals surface area (Å²) in [5, 5.41) is 0.806. The van der Waals surface area contributed by atoms with E-state index in [4.69, 9.17) is 9.57 Å². The van der Waals surface area contributed by atoms with Crippen LogP contribution < -0.4 is 0 Å². The van der Waals surface area contributed by atoms with E-state index >= 15 is 0 Å². The number of rotatable bonds is 6. The monoisotopic (exact) mass is 249 g/mol. The molecular weight excluding hydrogens is 234 g/mol. The van der Waals surface area contributed by atoms with E-state index in [1.807, 2.05) is 6.92 Å².